The Hall–Kier alpha value is -1.11. The maximum Gasteiger partial charge on any atom is 0.422 e. The van der Waals surface area contributed by atoms with Crippen LogP contribution in [0.15, 0.2) is 6.33 Å². The number of nitrogens with one attached hydrogen (secondary N) is 1. The minimum absolute atomic E-state index is 0.0626. The largest absolute Gasteiger partial charge is 0.422 e. The van der Waals surface area contributed by atoms with Crippen molar-refractivity contribution in [3.63, 3.8) is 0 Å². The highest BCUT2D eigenvalue weighted by Crippen LogP contribution is 2.47. The van der Waals surface area contributed by atoms with Crippen LogP contribution in [-0.2, 0) is 0 Å². The quantitative estimate of drug-likeness (QED) is 0.766. The summed E-state index contributed by atoms with van der Waals surface area (Å²) in [4.78, 5) is 8.01. The highest BCUT2D eigenvalue weighted by atomic mass is 35.5. The molecule has 1 aromatic heterocycles. The van der Waals surface area contributed by atoms with Gasteiger partial charge in [-0.3, -0.25) is 0 Å². The van der Waals surface area contributed by atoms with E-state index >= 15 is 0 Å². The molecule has 1 saturated carbocycles. The molecule has 1 fully saturated rings. The van der Waals surface area contributed by atoms with Crippen LogP contribution in [-0.4, -0.2) is 27.9 Å². The topological polar surface area (TPSA) is 37.8 Å². The van der Waals surface area contributed by atoms with Crippen molar-refractivity contribution in [1.82, 2.24) is 9.97 Å². The first-order chi connectivity index (χ1) is 10.7. The van der Waals surface area contributed by atoms with E-state index < -0.39 is 24.2 Å². The summed E-state index contributed by atoms with van der Waals surface area (Å²) in [7, 11) is 0. The van der Waals surface area contributed by atoms with Crippen LogP contribution < -0.4 is 5.32 Å². The average Bonchev–Trinajstić information content (AvgIpc) is 2.50. The van der Waals surface area contributed by atoms with Gasteiger partial charge in [-0.2, -0.15) is 13.2 Å². The van der Waals surface area contributed by atoms with Crippen LogP contribution in [0, 0.1) is 12.8 Å². The van der Waals surface area contributed by atoms with Gasteiger partial charge in [0, 0.05) is 12.0 Å². The molecule has 1 atom stereocenters. The summed E-state index contributed by atoms with van der Waals surface area (Å²) < 4.78 is 53.4. The van der Waals surface area contributed by atoms with E-state index in [1.165, 1.54) is 13.3 Å². The van der Waals surface area contributed by atoms with Crippen molar-refractivity contribution >= 4 is 17.4 Å². The second-order valence-electron chi connectivity index (χ2n) is 6.03. The van der Waals surface area contributed by atoms with Gasteiger partial charge >= 0.3 is 6.18 Å². The molecule has 0 saturated heterocycles. The molecule has 1 aliphatic rings. The Labute approximate surface area is 137 Å². The second kappa shape index (κ2) is 6.79. The van der Waals surface area contributed by atoms with Gasteiger partial charge in [0.2, 0.25) is 5.67 Å². The molecule has 1 aromatic rings. The van der Waals surface area contributed by atoms with E-state index in [0.29, 0.717) is 29.4 Å². The zero-order valence-corrected chi connectivity index (χ0v) is 13.8. The van der Waals surface area contributed by atoms with Crippen LogP contribution in [0.2, 0.25) is 5.02 Å². The molecule has 2 rings (SSSR count). The van der Waals surface area contributed by atoms with Crippen LogP contribution in [0.4, 0.5) is 23.4 Å². The number of halogens is 5. The molecule has 0 radical (unpaired) electrons. The van der Waals surface area contributed by atoms with Crippen molar-refractivity contribution < 1.29 is 17.6 Å². The van der Waals surface area contributed by atoms with Crippen LogP contribution in [0.25, 0.3) is 0 Å². The minimum atomic E-state index is -4.82. The SMILES string of the molecule is CCC(F)(C1CCC(Nc2ncnc(C)c2Cl)CC1)C(F)(F)F. The summed E-state index contributed by atoms with van der Waals surface area (Å²) in [6.45, 7) is 3.00. The van der Waals surface area contributed by atoms with Crippen molar-refractivity contribution in [2.45, 2.75) is 63.8 Å². The Morgan fingerprint density at radius 1 is 1.17 bits per heavy atom. The Balaban J connectivity index is 2.00. The molecule has 1 N–H and O–H groups in total. The normalized spacial score (nSPS) is 25.0. The van der Waals surface area contributed by atoms with E-state index in [1.54, 1.807) is 6.92 Å². The summed E-state index contributed by atoms with van der Waals surface area (Å²) in [5, 5.41) is 3.53. The number of rotatable bonds is 4. The zero-order chi connectivity index (χ0) is 17.3. The van der Waals surface area contributed by atoms with Gasteiger partial charge in [0.15, 0.2) is 0 Å². The summed E-state index contributed by atoms with van der Waals surface area (Å²) in [6, 6.07) is -0.0626. The molecule has 130 valence electrons. The molecule has 1 heterocycles. The molecule has 8 heteroatoms. The fourth-order valence-corrected chi connectivity index (χ4v) is 3.32. The monoisotopic (exact) mass is 353 g/mol. The lowest BCUT2D eigenvalue weighted by atomic mass is 9.75. The molecule has 0 spiro atoms. The first kappa shape index (κ1) is 18.2. The first-order valence-electron chi connectivity index (χ1n) is 7.68. The predicted molar refractivity (Wildman–Crippen MR) is 81.3 cm³/mol. The van der Waals surface area contributed by atoms with Crippen molar-refractivity contribution in [2.75, 3.05) is 5.32 Å². The number of hydrogen-bond acceptors (Lipinski definition) is 3. The van der Waals surface area contributed by atoms with Crippen LogP contribution >= 0.6 is 11.6 Å². The van der Waals surface area contributed by atoms with E-state index in [9.17, 15) is 17.6 Å². The molecule has 0 aromatic carbocycles. The number of alkyl halides is 4. The van der Waals surface area contributed by atoms with E-state index in [2.05, 4.69) is 15.3 Å². The number of hydrogen-bond donors (Lipinski definition) is 1. The van der Waals surface area contributed by atoms with Gasteiger partial charge in [-0.05, 0) is 39.0 Å². The van der Waals surface area contributed by atoms with Gasteiger partial charge < -0.3 is 5.32 Å². The Bertz CT molecular complexity index is 544. The summed E-state index contributed by atoms with van der Waals surface area (Å²) in [6.07, 6.45) is -2.72. The first-order valence-corrected chi connectivity index (χ1v) is 8.06. The summed E-state index contributed by atoms with van der Waals surface area (Å²) >= 11 is 6.10. The van der Waals surface area contributed by atoms with Crippen molar-refractivity contribution in [2.24, 2.45) is 5.92 Å². The Morgan fingerprint density at radius 2 is 1.78 bits per heavy atom. The van der Waals surface area contributed by atoms with E-state index in [1.807, 2.05) is 0 Å². The van der Waals surface area contributed by atoms with Gasteiger partial charge in [0.25, 0.3) is 0 Å². The van der Waals surface area contributed by atoms with Gasteiger partial charge in [-0.1, -0.05) is 18.5 Å². The molecular formula is C15H20ClF4N3. The van der Waals surface area contributed by atoms with Crippen LogP contribution in [0.1, 0.15) is 44.7 Å². The van der Waals surface area contributed by atoms with Gasteiger partial charge in [0.05, 0.1) is 5.69 Å². The molecule has 0 bridgehead atoms. The standard InChI is InChI=1S/C15H20ClF4N3/c1-3-14(17,15(18,19)20)10-4-6-11(7-5-10)23-13-12(16)9(2)21-8-22-13/h8,10-11H,3-7H2,1-2H3,(H,21,22,23). The molecular weight excluding hydrogens is 334 g/mol. The predicted octanol–water partition coefficient (Wildman–Crippen LogP) is 5.09. The van der Waals surface area contributed by atoms with Gasteiger partial charge in [0.1, 0.15) is 17.2 Å². The summed E-state index contributed by atoms with van der Waals surface area (Å²) in [5.41, 5.74) is -2.47. The van der Waals surface area contributed by atoms with E-state index in [-0.39, 0.29) is 18.9 Å². The van der Waals surface area contributed by atoms with Crippen LogP contribution in [0.5, 0.6) is 0 Å². The third-order valence-corrected chi connectivity index (χ3v) is 5.12. The average molecular weight is 354 g/mol. The molecule has 0 aliphatic heterocycles. The smallest absolute Gasteiger partial charge is 0.366 e. The lowest BCUT2D eigenvalue weighted by Crippen LogP contribution is -2.49. The molecule has 1 unspecified atom stereocenters. The maximum atomic E-state index is 14.4. The minimum Gasteiger partial charge on any atom is -0.366 e. The van der Waals surface area contributed by atoms with Gasteiger partial charge in [-0.15, -0.1) is 0 Å². The number of nitrogens with zero attached hydrogens (tertiary/aromatic N) is 2. The highest BCUT2D eigenvalue weighted by Gasteiger charge is 2.59. The zero-order valence-electron chi connectivity index (χ0n) is 13.1. The Morgan fingerprint density at radius 3 is 2.30 bits per heavy atom. The maximum absolute atomic E-state index is 14.4. The van der Waals surface area contributed by atoms with E-state index in [4.69, 9.17) is 11.6 Å². The lowest BCUT2D eigenvalue weighted by Gasteiger charge is -2.39. The molecule has 1 aliphatic carbocycles. The summed E-state index contributed by atoms with van der Waals surface area (Å²) in [5.74, 6) is -0.520. The fraction of sp³-hybridized carbons (Fsp3) is 0.733. The van der Waals surface area contributed by atoms with Crippen molar-refractivity contribution in [3.05, 3.63) is 17.0 Å². The third kappa shape index (κ3) is 3.70. The number of anilines is 1. The number of aryl methyl sites for hydroxylation is 1. The third-order valence-electron chi connectivity index (χ3n) is 4.66. The Kier molecular flexibility index (Phi) is 5.38. The van der Waals surface area contributed by atoms with Gasteiger partial charge in [-0.25, -0.2) is 14.4 Å². The number of aromatic nitrogens is 2. The fourth-order valence-electron chi connectivity index (χ4n) is 3.17. The highest BCUT2D eigenvalue weighted by molar-refractivity contribution is 6.33. The van der Waals surface area contributed by atoms with Crippen molar-refractivity contribution in [3.8, 4) is 0 Å². The second-order valence-corrected chi connectivity index (χ2v) is 6.41. The molecule has 3 nitrogen and oxygen atoms in total. The van der Waals surface area contributed by atoms with Crippen LogP contribution in [0.3, 0.4) is 0 Å². The lowest BCUT2D eigenvalue weighted by molar-refractivity contribution is -0.253. The molecule has 23 heavy (non-hydrogen) atoms. The van der Waals surface area contributed by atoms with E-state index in [0.717, 1.165) is 0 Å². The molecule has 0 amide bonds. The van der Waals surface area contributed by atoms with Crippen molar-refractivity contribution in [1.29, 1.82) is 0 Å².